The average molecular weight is 466 g/mol. The molecule has 1 unspecified atom stereocenters. The third-order valence-corrected chi connectivity index (χ3v) is 8.35. The van der Waals surface area contributed by atoms with Gasteiger partial charge in [-0.15, -0.1) is 0 Å². The van der Waals surface area contributed by atoms with Crippen LogP contribution in [-0.4, -0.2) is 46.1 Å². The van der Waals surface area contributed by atoms with Crippen molar-refractivity contribution in [2.24, 2.45) is 12.5 Å². The third-order valence-electron chi connectivity index (χ3n) is 8.35. The largest absolute Gasteiger partial charge is 0.386 e. The minimum atomic E-state index is -0.560. The number of aryl methyl sites for hydroxylation is 1. The number of fused-ring (bicyclic) bond motifs is 4. The van der Waals surface area contributed by atoms with E-state index in [4.69, 9.17) is 4.74 Å². The number of nitrogens with zero attached hydrogens (tertiary/aromatic N) is 3. The zero-order valence-electron chi connectivity index (χ0n) is 20.0. The SMILES string of the molecule is CN1CCC2(CCc3c(C4=C(c5cn(C)c6ccccc56)C(=O)OC4=O)c4ccccc4n3C2)C1. The molecule has 1 saturated heterocycles. The fraction of sp³-hybridized carbons (Fsp3) is 0.310. The highest BCUT2D eigenvalue weighted by Gasteiger charge is 2.44. The summed E-state index contributed by atoms with van der Waals surface area (Å²) in [6.45, 7) is 3.16. The molecule has 0 N–H and O–H groups in total. The predicted molar refractivity (Wildman–Crippen MR) is 136 cm³/mol. The number of ether oxygens (including phenoxy) is 1. The molecule has 0 saturated carbocycles. The molecule has 5 heterocycles. The van der Waals surface area contributed by atoms with Crippen molar-refractivity contribution >= 4 is 44.9 Å². The van der Waals surface area contributed by atoms with Crippen LogP contribution >= 0.6 is 0 Å². The summed E-state index contributed by atoms with van der Waals surface area (Å²) in [5.41, 5.74) is 5.97. The second kappa shape index (κ2) is 7.18. The quantitative estimate of drug-likeness (QED) is 0.325. The van der Waals surface area contributed by atoms with Crippen LogP contribution < -0.4 is 0 Å². The summed E-state index contributed by atoms with van der Waals surface area (Å²) in [6.07, 6.45) is 5.09. The minimum Gasteiger partial charge on any atom is -0.386 e. The van der Waals surface area contributed by atoms with Crippen LogP contribution in [0.3, 0.4) is 0 Å². The fourth-order valence-corrected chi connectivity index (χ4v) is 6.77. The van der Waals surface area contributed by atoms with Crippen LogP contribution in [0.1, 0.15) is 29.7 Å². The lowest BCUT2D eigenvalue weighted by Crippen LogP contribution is -2.35. The fourth-order valence-electron chi connectivity index (χ4n) is 6.77. The predicted octanol–water partition coefficient (Wildman–Crippen LogP) is 4.40. The summed E-state index contributed by atoms with van der Waals surface area (Å²) >= 11 is 0. The summed E-state index contributed by atoms with van der Waals surface area (Å²) in [5.74, 6) is -1.10. The molecule has 0 radical (unpaired) electrons. The van der Waals surface area contributed by atoms with E-state index in [0.29, 0.717) is 11.1 Å². The molecular weight excluding hydrogens is 438 g/mol. The maximum atomic E-state index is 13.3. The molecule has 3 aliphatic rings. The van der Waals surface area contributed by atoms with Crippen LogP contribution in [0.4, 0.5) is 0 Å². The van der Waals surface area contributed by atoms with Crippen molar-refractivity contribution in [1.82, 2.24) is 14.0 Å². The van der Waals surface area contributed by atoms with Crippen LogP contribution in [0, 0.1) is 5.41 Å². The van der Waals surface area contributed by atoms with E-state index < -0.39 is 11.9 Å². The van der Waals surface area contributed by atoms with Crippen LogP contribution in [-0.2, 0) is 34.3 Å². The highest BCUT2D eigenvalue weighted by molar-refractivity contribution is 6.47. The van der Waals surface area contributed by atoms with Gasteiger partial charge >= 0.3 is 11.9 Å². The van der Waals surface area contributed by atoms with Crippen molar-refractivity contribution in [3.05, 3.63) is 71.5 Å². The molecule has 0 aliphatic carbocycles. The summed E-state index contributed by atoms with van der Waals surface area (Å²) in [4.78, 5) is 28.9. The zero-order chi connectivity index (χ0) is 23.9. The molecule has 3 aliphatic heterocycles. The summed E-state index contributed by atoms with van der Waals surface area (Å²) < 4.78 is 9.71. The van der Waals surface area contributed by atoms with E-state index >= 15 is 0 Å². The molecule has 7 rings (SSSR count). The van der Waals surface area contributed by atoms with Crippen molar-refractivity contribution in [2.75, 3.05) is 20.1 Å². The first-order chi connectivity index (χ1) is 17.0. The molecule has 176 valence electrons. The molecule has 2 aromatic carbocycles. The lowest BCUT2D eigenvalue weighted by molar-refractivity contribution is -0.149. The molecule has 6 heteroatoms. The molecule has 2 aromatic heterocycles. The van der Waals surface area contributed by atoms with Crippen LogP contribution in [0.15, 0.2) is 54.7 Å². The van der Waals surface area contributed by atoms with Crippen LogP contribution in [0.25, 0.3) is 33.0 Å². The maximum Gasteiger partial charge on any atom is 0.347 e. The van der Waals surface area contributed by atoms with Crippen molar-refractivity contribution in [3.63, 3.8) is 0 Å². The van der Waals surface area contributed by atoms with Gasteiger partial charge in [0.05, 0.1) is 11.1 Å². The minimum absolute atomic E-state index is 0.264. The molecule has 1 fully saturated rings. The number of esters is 2. The third kappa shape index (κ3) is 2.86. The molecule has 0 bridgehead atoms. The second-order valence-electron chi connectivity index (χ2n) is 10.5. The first-order valence-corrected chi connectivity index (χ1v) is 12.3. The van der Waals surface area contributed by atoms with Crippen LogP contribution in [0.5, 0.6) is 0 Å². The number of cyclic esters (lactones) is 2. The van der Waals surface area contributed by atoms with Crippen molar-refractivity contribution in [2.45, 2.75) is 25.8 Å². The molecule has 4 aromatic rings. The number of carbonyl (C=O) groups excluding carboxylic acids is 2. The summed E-state index contributed by atoms with van der Waals surface area (Å²) in [5, 5.41) is 1.96. The van der Waals surface area contributed by atoms with Gasteiger partial charge in [0, 0.05) is 70.4 Å². The van der Waals surface area contributed by atoms with Gasteiger partial charge in [0.1, 0.15) is 0 Å². The van der Waals surface area contributed by atoms with Crippen molar-refractivity contribution < 1.29 is 14.3 Å². The summed E-state index contributed by atoms with van der Waals surface area (Å²) in [6, 6.07) is 16.2. The Balaban J connectivity index is 1.51. The van der Waals surface area contributed by atoms with E-state index in [9.17, 15) is 9.59 Å². The standard InChI is InChI=1S/C29H27N3O3/c1-30-14-13-29(16-30)12-11-23-24(19-8-4-6-10-22(19)32(23)17-29)26-25(27(33)35-28(26)34)20-15-31(2)21-9-5-3-7-18(20)21/h3-10,15H,11-14,16-17H2,1-2H3. The Morgan fingerprint density at radius 3 is 2.31 bits per heavy atom. The smallest absolute Gasteiger partial charge is 0.347 e. The maximum absolute atomic E-state index is 13.3. The zero-order valence-corrected chi connectivity index (χ0v) is 20.0. The lowest BCUT2D eigenvalue weighted by atomic mass is 9.78. The first kappa shape index (κ1) is 20.7. The Labute approximate surface area is 203 Å². The molecule has 0 amide bonds. The summed E-state index contributed by atoms with van der Waals surface area (Å²) in [7, 11) is 4.16. The van der Waals surface area contributed by atoms with Crippen LogP contribution in [0.2, 0.25) is 0 Å². The highest BCUT2D eigenvalue weighted by Crippen LogP contribution is 2.47. The average Bonchev–Trinajstić information content (AvgIpc) is 3.56. The number of hydrogen-bond donors (Lipinski definition) is 0. The topological polar surface area (TPSA) is 56.5 Å². The van der Waals surface area contributed by atoms with Gasteiger partial charge in [-0.25, -0.2) is 9.59 Å². The van der Waals surface area contributed by atoms with Crippen molar-refractivity contribution in [3.8, 4) is 0 Å². The monoisotopic (exact) mass is 465 g/mol. The number of para-hydroxylation sites is 2. The second-order valence-corrected chi connectivity index (χ2v) is 10.5. The Morgan fingerprint density at radius 2 is 1.54 bits per heavy atom. The number of carbonyl (C=O) groups is 2. The van der Waals surface area contributed by atoms with E-state index in [0.717, 1.165) is 71.1 Å². The van der Waals surface area contributed by atoms with Crippen molar-refractivity contribution in [1.29, 1.82) is 0 Å². The van der Waals surface area contributed by atoms with Gasteiger partial charge in [0.15, 0.2) is 0 Å². The number of benzene rings is 2. The molecule has 35 heavy (non-hydrogen) atoms. The Kier molecular flexibility index (Phi) is 4.25. The number of hydrogen-bond acceptors (Lipinski definition) is 4. The first-order valence-electron chi connectivity index (χ1n) is 12.3. The molecule has 1 atom stereocenters. The number of aromatic nitrogens is 2. The Morgan fingerprint density at radius 1 is 0.829 bits per heavy atom. The van der Waals surface area contributed by atoms with Gasteiger partial charge in [0.2, 0.25) is 0 Å². The molecule has 1 spiro atoms. The Hall–Kier alpha value is -3.64. The van der Waals surface area contributed by atoms with E-state index in [1.165, 1.54) is 6.42 Å². The van der Waals surface area contributed by atoms with Gasteiger partial charge in [-0.05, 0) is 45.0 Å². The molecule has 6 nitrogen and oxygen atoms in total. The number of likely N-dealkylation sites (tertiary alicyclic amines) is 1. The van der Waals surface area contributed by atoms with Gasteiger partial charge in [0.25, 0.3) is 0 Å². The number of rotatable bonds is 2. The normalized spacial score (nSPS) is 22.7. The van der Waals surface area contributed by atoms with Gasteiger partial charge in [-0.1, -0.05) is 36.4 Å². The molecular formula is C29H27N3O3. The van der Waals surface area contributed by atoms with E-state index in [1.807, 2.05) is 48.1 Å². The van der Waals surface area contributed by atoms with E-state index in [-0.39, 0.29) is 5.41 Å². The lowest BCUT2D eigenvalue weighted by Gasteiger charge is -2.35. The van der Waals surface area contributed by atoms with E-state index in [2.05, 4.69) is 34.7 Å². The van der Waals surface area contributed by atoms with Gasteiger partial charge < -0.3 is 18.8 Å². The van der Waals surface area contributed by atoms with E-state index in [1.54, 1.807) is 0 Å². The van der Waals surface area contributed by atoms with Gasteiger partial charge in [-0.2, -0.15) is 0 Å². The Bertz CT molecular complexity index is 1600. The van der Waals surface area contributed by atoms with Gasteiger partial charge in [-0.3, -0.25) is 0 Å². The highest BCUT2D eigenvalue weighted by atomic mass is 16.6.